The molecule has 0 amide bonds. The Balaban J connectivity index is 1.80. The van der Waals surface area contributed by atoms with Gasteiger partial charge in [-0.2, -0.15) is 0 Å². The third-order valence-electron chi connectivity index (χ3n) is 4.08. The second kappa shape index (κ2) is 6.87. The lowest BCUT2D eigenvalue weighted by Crippen LogP contribution is -2.25. The van der Waals surface area contributed by atoms with Gasteiger partial charge in [0.05, 0.1) is 16.3 Å². The first kappa shape index (κ1) is 18.1. The zero-order valence-corrected chi connectivity index (χ0v) is 16.4. The van der Waals surface area contributed by atoms with Gasteiger partial charge in [-0.05, 0) is 25.5 Å². The molecule has 0 atom stereocenters. The van der Waals surface area contributed by atoms with Crippen molar-refractivity contribution in [2.45, 2.75) is 31.8 Å². The van der Waals surface area contributed by atoms with Gasteiger partial charge in [0.15, 0.2) is 4.96 Å². The first-order valence-corrected chi connectivity index (χ1v) is 10.2. The molecule has 0 aliphatic rings. The molecule has 3 rings (SSSR count). The molecule has 0 saturated heterocycles. The van der Waals surface area contributed by atoms with Crippen molar-refractivity contribution in [1.29, 1.82) is 0 Å². The van der Waals surface area contributed by atoms with Gasteiger partial charge in [0, 0.05) is 38.3 Å². The molecule has 3 aromatic rings. The number of aryl methyl sites for hydroxylation is 2. The van der Waals surface area contributed by atoms with Crippen LogP contribution in [0.1, 0.15) is 21.8 Å². The van der Waals surface area contributed by atoms with Gasteiger partial charge in [0.1, 0.15) is 0 Å². The summed E-state index contributed by atoms with van der Waals surface area (Å²) in [6, 6.07) is 7.10. The van der Waals surface area contributed by atoms with E-state index in [0.29, 0.717) is 18.0 Å². The second-order valence-electron chi connectivity index (χ2n) is 6.14. The topological polar surface area (TPSA) is 66.7 Å². The Bertz CT molecular complexity index is 1000. The molecular weight excluding hydrogens is 356 g/mol. The summed E-state index contributed by atoms with van der Waals surface area (Å²) in [7, 11) is -0.361. The van der Waals surface area contributed by atoms with Crippen molar-refractivity contribution >= 4 is 26.3 Å². The van der Waals surface area contributed by atoms with Crippen molar-refractivity contribution in [3.05, 3.63) is 52.3 Å². The molecule has 0 fully saturated rings. The number of hydrogen-bond donors (Lipinski definition) is 1. The average Bonchev–Trinajstić information content (AvgIpc) is 3.03. The number of fused-ring (bicyclic) bond motifs is 1. The molecule has 134 valence electrons. The smallest absolute Gasteiger partial charge is 0.242 e. The van der Waals surface area contributed by atoms with E-state index in [-0.39, 0.29) is 0 Å². The zero-order chi connectivity index (χ0) is 18.2. The number of aromatic nitrogens is 2. The van der Waals surface area contributed by atoms with Crippen molar-refractivity contribution in [2.75, 3.05) is 14.1 Å². The summed E-state index contributed by atoms with van der Waals surface area (Å²) in [4.78, 5) is 7.12. The van der Waals surface area contributed by atoms with E-state index < -0.39 is 10.0 Å². The Morgan fingerprint density at radius 3 is 2.64 bits per heavy atom. The van der Waals surface area contributed by atoms with E-state index in [1.54, 1.807) is 37.6 Å². The number of thiazole rings is 1. The first-order valence-electron chi connectivity index (χ1n) is 7.96. The van der Waals surface area contributed by atoms with Gasteiger partial charge >= 0.3 is 0 Å². The predicted octanol–water partition coefficient (Wildman–Crippen LogP) is 2.55. The van der Waals surface area contributed by atoms with E-state index in [2.05, 4.69) is 27.8 Å². The molecule has 1 N–H and O–H groups in total. The highest BCUT2D eigenvalue weighted by Crippen LogP contribution is 2.21. The molecule has 2 aromatic heterocycles. The molecule has 1 aromatic carbocycles. The van der Waals surface area contributed by atoms with Crippen LogP contribution in [0.25, 0.3) is 4.96 Å². The van der Waals surface area contributed by atoms with Gasteiger partial charge in [0.25, 0.3) is 0 Å². The third-order valence-corrected chi connectivity index (χ3v) is 6.89. The van der Waals surface area contributed by atoms with E-state index in [1.165, 1.54) is 9.18 Å². The van der Waals surface area contributed by atoms with Crippen LogP contribution in [0.15, 0.2) is 35.4 Å². The van der Waals surface area contributed by atoms with Crippen LogP contribution < -0.4 is 5.32 Å². The van der Waals surface area contributed by atoms with E-state index in [1.807, 2.05) is 19.1 Å². The number of sulfonamides is 1. The fourth-order valence-corrected chi connectivity index (χ4v) is 4.74. The third kappa shape index (κ3) is 3.48. The Kier molecular flexibility index (Phi) is 4.97. The minimum Gasteiger partial charge on any atom is -0.307 e. The van der Waals surface area contributed by atoms with E-state index in [0.717, 1.165) is 21.9 Å². The molecule has 0 radical (unpaired) electrons. The van der Waals surface area contributed by atoms with Crippen LogP contribution in [-0.2, 0) is 23.1 Å². The van der Waals surface area contributed by atoms with E-state index in [4.69, 9.17) is 0 Å². The quantitative estimate of drug-likeness (QED) is 0.716. The Morgan fingerprint density at radius 2 is 1.92 bits per heavy atom. The standard InChI is InChI=1S/C17H22N4O2S2/c1-12-11-21-15(13(2)19-17(21)24-12)10-18-9-14-7-5-6-8-16(14)25(22,23)20(3)4/h5-8,11,18H,9-10H2,1-4H3. The number of benzene rings is 1. The number of nitrogens with one attached hydrogen (secondary N) is 1. The SMILES string of the molecule is Cc1cn2c(CNCc3ccccc3S(=O)(=O)N(C)C)c(C)nc2s1. The summed E-state index contributed by atoms with van der Waals surface area (Å²) in [6.07, 6.45) is 2.08. The van der Waals surface area contributed by atoms with Gasteiger partial charge in [-0.3, -0.25) is 4.40 Å². The summed E-state index contributed by atoms with van der Waals surface area (Å²) in [5, 5.41) is 3.36. The fourth-order valence-electron chi connectivity index (χ4n) is 2.74. The molecule has 6 nitrogen and oxygen atoms in total. The Labute approximate surface area is 152 Å². The molecular formula is C17H22N4O2S2. The first-order chi connectivity index (χ1) is 11.8. The van der Waals surface area contributed by atoms with Gasteiger partial charge in [0.2, 0.25) is 10.0 Å². The largest absolute Gasteiger partial charge is 0.307 e. The van der Waals surface area contributed by atoms with Gasteiger partial charge in [-0.1, -0.05) is 18.2 Å². The van der Waals surface area contributed by atoms with E-state index in [9.17, 15) is 8.42 Å². The van der Waals surface area contributed by atoms with Crippen LogP contribution in [0.2, 0.25) is 0 Å². The molecule has 2 heterocycles. The maximum atomic E-state index is 12.5. The molecule has 0 aliphatic carbocycles. The Morgan fingerprint density at radius 1 is 1.20 bits per heavy atom. The molecule has 25 heavy (non-hydrogen) atoms. The maximum Gasteiger partial charge on any atom is 0.242 e. The minimum atomic E-state index is -3.45. The lowest BCUT2D eigenvalue weighted by Gasteiger charge is -2.15. The number of hydrogen-bond acceptors (Lipinski definition) is 5. The van der Waals surface area contributed by atoms with Crippen LogP contribution in [0.5, 0.6) is 0 Å². The summed E-state index contributed by atoms with van der Waals surface area (Å²) in [6.45, 7) is 5.16. The molecule has 8 heteroatoms. The second-order valence-corrected chi connectivity index (χ2v) is 9.47. The Hall–Kier alpha value is -1.74. The molecule has 0 saturated carbocycles. The van der Waals surface area contributed by atoms with Gasteiger partial charge in [-0.15, -0.1) is 11.3 Å². The summed E-state index contributed by atoms with van der Waals surface area (Å²) >= 11 is 1.67. The highest BCUT2D eigenvalue weighted by Gasteiger charge is 2.20. The van der Waals surface area contributed by atoms with Gasteiger partial charge in [-0.25, -0.2) is 17.7 Å². The number of imidazole rings is 1. The van der Waals surface area contributed by atoms with Crippen molar-refractivity contribution in [3.63, 3.8) is 0 Å². The lowest BCUT2D eigenvalue weighted by molar-refractivity contribution is 0.518. The summed E-state index contributed by atoms with van der Waals surface area (Å²) in [5.41, 5.74) is 2.86. The predicted molar refractivity (Wildman–Crippen MR) is 100 cm³/mol. The van der Waals surface area contributed by atoms with Crippen molar-refractivity contribution in [3.8, 4) is 0 Å². The van der Waals surface area contributed by atoms with Gasteiger partial charge < -0.3 is 5.32 Å². The van der Waals surface area contributed by atoms with Crippen molar-refractivity contribution in [2.24, 2.45) is 0 Å². The van der Waals surface area contributed by atoms with E-state index >= 15 is 0 Å². The monoisotopic (exact) mass is 378 g/mol. The van der Waals surface area contributed by atoms with Crippen LogP contribution in [0.4, 0.5) is 0 Å². The van der Waals surface area contributed by atoms with Crippen molar-refractivity contribution < 1.29 is 8.42 Å². The highest BCUT2D eigenvalue weighted by molar-refractivity contribution is 7.89. The molecule has 0 unspecified atom stereocenters. The highest BCUT2D eigenvalue weighted by atomic mass is 32.2. The zero-order valence-electron chi connectivity index (χ0n) is 14.8. The van der Waals surface area contributed by atoms with Crippen LogP contribution in [0, 0.1) is 13.8 Å². The fraction of sp³-hybridized carbons (Fsp3) is 0.353. The normalized spacial score (nSPS) is 12.4. The van der Waals surface area contributed by atoms with Crippen LogP contribution in [-0.4, -0.2) is 36.2 Å². The van der Waals surface area contributed by atoms with Crippen LogP contribution in [0.3, 0.4) is 0 Å². The number of rotatable bonds is 6. The lowest BCUT2D eigenvalue weighted by atomic mass is 10.2. The number of nitrogens with zero attached hydrogens (tertiary/aromatic N) is 3. The molecule has 0 aliphatic heterocycles. The maximum absolute atomic E-state index is 12.5. The molecule has 0 bridgehead atoms. The summed E-state index contributed by atoms with van der Waals surface area (Å²) < 4.78 is 28.3. The average molecular weight is 379 g/mol. The van der Waals surface area contributed by atoms with Crippen molar-refractivity contribution in [1.82, 2.24) is 19.0 Å². The summed E-state index contributed by atoms with van der Waals surface area (Å²) in [5.74, 6) is 0. The molecule has 0 spiro atoms. The van der Waals surface area contributed by atoms with Crippen LogP contribution >= 0.6 is 11.3 Å². The minimum absolute atomic E-state index is 0.342.